The number of pyridine rings is 1. The molecule has 104 valence electrons. The van der Waals surface area contributed by atoms with Crippen molar-refractivity contribution in [1.82, 2.24) is 4.98 Å². The second kappa shape index (κ2) is 6.12. The highest BCUT2D eigenvalue weighted by Gasteiger charge is 2.18. The molecule has 1 rings (SSSR count). The van der Waals surface area contributed by atoms with Crippen LogP contribution < -0.4 is 4.90 Å². The van der Waals surface area contributed by atoms with Crippen LogP contribution in [0, 0.1) is 23.0 Å². The number of aromatic nitrogens is 1. The molecule has 0 bridgehead atoms. The number of ether oxygens (including phenoxy) is 1. The van der Waals surface area contributed by atoms with Crippen LogP contribution in [-0.2, 0) is 9.53 Å². The monoisotopic (exact) mass is 267 g/mol. The quantitative estimate of drug-likeness (QED) is 0.457. The number of hydrogen-bond acceptors (Lipinski definition) is 6. The number of aryl methyl sites for hydroxylation is 1. The van der Waals surface area contributed by atoms with E-state index in [1.54, 1.807) is 31.9 Å². The van der Waals surface area contributed by atoms with E-state index in [9.17, 15) is 14.9 Å². The molecule has 0 saturated heterocycles. The summed E-state index contributed by atoms with van der Waals surface area (Å²) < 4.78 is 4.65. The van der Waals surface area contributed by atoms with Crippen LogP contribution >= 0.6 is 0 Å². The predicted molar refractivity (Wildman–Crippen MR) is 70.1 cm³/mol. The van der Waals surface area contributed by atoms with E-state index < -0.39 is 4.92 Å². The number of carbonyl (C=O) groups excluding carboxylic acids is 1. The molecule has 7 nitrogen and oxygen atoms in total. The highest BCUT2D eigenvalue weighted by molar-refractivity contribution is 5.72. The van der Waals surface area contributed by atoms with Gasteiger partial charge in [-0.15, -0.1) is 0 Å². The average Bonchev–Trinajstić information content (AvgIpc) is 2.36. The predicted octanol–water partition coefficient (Wildman–Crippen LogP) is 1.54. The van der Waals surface area contributed by atoms with Gasteiger partial charge in [0.2, 0.25) is 0 Å². The van der Waals surface area contributed by atoms with Gasteiger partial charge in [-0.2, -0.15) is 0 Å². The summed E-state index contributed by atoms with van der Waals surface area (Å²) in [6.07, 6.45) is 1.23. The number of rotatable bonds is 5. The van der Waals surface area contributed by atoms with Gasteiger partial charge in [0.1, 0.15) is 12.0 Å². The normalized spacial score (nSPS) is 11.8. The molecular weight excluding hydrogens is 250 g/mol. The van der Waals surface area contributed by atoms with E-state index >= 15 is 0 Å². The lowest BCUT2D eigenvalue weighted by Gasteiger charge is -2.21. The summed E-state index contributed by atoms with van der Waals surface area (Å²) in [5.41, 5.74) is 0.519. The van der Waals surface area contributed by atoms with Crippen molar-refractivity contribution >= 4 is 17.5 Å². The lowest BCUT2D eigenvalue weighted by atomic mass is 10.1. The highest BCUT2D eigenvalue weighted by Crippen LogP contribution is 2.21. The smallest absolute Gasteiger partial charge is 0.310 e. The first-order valence-corrected chi connectivity index (χ1v) is 5.76. The third kappa shape index (κ3) is 3.64. The molecule has 0 radical (unpaired) electrons. The molecule has 1 aromatic heterocycles. The zero-order chi connectivity index (χ0) is 14.6. The van der Waals surface area contributed by atoms with E-state index in [2.05, 4.69) is 9.72 Å². The second-order valence-corrected chi connectivity index (χ2v) is 4.39. The molecule has 0 spiro atoms. The molecular formula is C12H17N3O4. The number of anilines is 1. The maximum absolute atomic E-state index is 11.3. The second-order valence-electron chi connectivity index (χ2n) is 4.39. The van der Waals surface area contributed by atoms with E-state index in [0.717, 1.165) is 0 Å². The summed E-state index contributed by atoms with van der Waals surface area (Å²) in [5.74, 6) is -0.0170. The van der Waals surface area contributed by atoms with Crippen molar-refractivity contribution in [2.24, 2.45) is 5.92 Å². The maximum Gasteiger partial charge on any atom is 0.310 e. The van der Waals surface area contributed by atoms with Crippen molar-refractivity contribution in [2.75, 3.05) is 25.6 Å². The number of hydrogen-bond donors (Lipinski definition) is 0. The van der Waals surface area contributed by atoms with E-state index in [1.165, 1.54) is 13.3 Å². The van der Waals surface area contributed by atoms with Crippen LogP contribution in [0.25, 0.3) is 0 Å². The molecule has 1 aromatic rings. The Morgan fingerprint density at radius 3 is 2.74 bits per heavy atom. The Labute approximate surface area is 111 Å². The summed E-state index contributed by atoms with van der Waals surface area (Å²) in [5, 5.41) is 10.7. The number of esters is 1. The minimum atomic E-state index is -0.469. The number of nitrogens with zero attached hydrogens (tertiary/aromatic N) is 3. The van der Waals surface area contributed by atoms with Crippen LogP contribution in [0.2, 0.25) is 0 Å². The highest BCUT2D eigenvalue weighted by atomic mass is 16.6. The zero-order valence-corrected chi connectivity index (χ0v) is 11.4. The first-order valence-electron chi connectivity index (χ1n) is 5.76. The largest absolute Gasteiger partial charge is 0.469 e. The summed E-state index contributed by atoms with van der Waals surface area (Å²) >= 11 is 0. The lowest BCUT2D eigenvalue weighted by molar-refractivity contribution is -0.385. The van der Waals surface area contributed by atoms with Crippen molar-refractivity contribution in [2.45, 2.75) is 13.8 Å². The van der Waals surface area contributed by atoms with Crippen molar-refractivity contribution in [1.29, 1.82) is 0 Å². The number of nitro groups is 1. The fourth-order valence-corrected chi connectivity index (χ4v) is 1.71. The van der Waals surface area contributed by atoms with Gasteiger partial charge in [-0.05, 0) is 13.0 Å². The fourth-order valence-electron chi connectivity index (χ4n) is 1.71. The topological polar surface area (TPSA) is 85.6 Å². The van der Waals surface area contributed by atoms with Crippen molar-refractivity contribution in [3.8, 4) is 0 Å². The van der Waals surface area contributed by atoms with Gasteiger partial charge < -0.3 is 9.64 Å². The Hall–Kier alpha value is -2.18. The summed E-state index contributed by atoms with van der Waals surface area (Å²) in [4.78, 5) is 27.4. The maximum atomic E-state index is 11.3. The Kier molecular flexibility index (Phi) is 4.80. The summed E-state index contributed by atoms with van der Waals surface area (Å²) in [7, 11) is 3.11. The molecule has 1 atom stereocenters. The van der Waals surface area contributed by atoms with E-state index in [4.69, 9.17) is 0 Å². The summed E-state index contributed by atoms with van der Waals surface area (Å²) in [6.45, 7) is 3.83. The van der Waals surface area contributed by atoms with Crippen LogP contribution in [0.1, 0.15) is 12.5 Å². The van der Waals surface area contributed by atoms with Crippen molar-refractivity contribution in [3.63, 3.8) is 0 Å². The van der Waals surface area contributed by atoms with Crippen LogP contribution in [0.15, 0.2) is 12.3 Å². The average molecular weight is 267 g/mol. The van der Waals surface area contributed by atoms with Crippen LogP contribution in [0.3, 0.4) is 0 Å². The van der Waals surface area contributed by atoms with Gasteiger partial charge in [0.25, 0.3) is 5.69 Å². The molecule has 0 aliphatic heterocycles. The van der Waals surface area contributed by atoms with E-state index in [1.807, 2.05) is 0 Å². The number of methoxy groups -OCH3 is 1. The van der Waals surface area contributed by atoms with Crippen LogP contribution in [0.5, 0.6) is 0 Å². The molecule has 0 fully saturated rings. The van der Waals surface area contributed by atoms with Gasteiger partial charge in [-0.1, -0.05) is 6.92 Å². The van der Waals surface area contributed by atoms with Crippen molar-refractivity contribution < 1.29 is 14.5 Å². The van der Waals surface area contributed by atoms with Gasteiger partial charge >= 0.3 is 5.97 Å². The number of carbonyl (C=O) groups is 1. The van der Waals surface area contributed by atoms with E-state index in [-0.39, 0.29) is 17.6 Å². The molecule has 0 aliphatic carbocycles. The molecule has 1 unspecified atom stereocenters. The Morgan fingerprint density at radius 1 is 1.63 bits per heavy atom. The van der Waals surface area contributed by atoms with Gasteiger partial charge in [0.05, 0.1) is 18.0 Å². The first kappa shape index (κ1) is 14.9. The molecule has 0 saturated carbocycles. The first-order chi connectivity index (χ1) is 8.86. The molecule has 0 N–H and O–H groups in total. The van der Waals surface area contributed by atoms with Crippen molar-refractivity contribution in [3.05, 3.63) is 27.9 Å². The molecule has 0 aromatic carbocycles. The molecule has 0 aliphatic rings. The zero-order valence-electron chi connectivity index (χ0n) is 11.4. The van der Waals surface area contributed by atoms with Crippen LogP contribution in [0.4, 0.5) is 11.5 Å². The van der Waals surface area contributed by atoms with E-state index in [0.29, 0.717) is 17.9 Å². The minimum absolute atomic E-state index is 0.0156. The lowest BCUT2D eigenvalue weighted by Crippen LogP contribution is -2.29. The third-order valence-electron chi connectivity index (χ3n) is 2.81. The Morgan fingerprint density at radius 2 is 2.26 bits per heavy atom. The molecule has 19 heavy (non-hydrogen) atoms. The molecule has 7 heteroatoms. The Bertz CT molecular complexity index is 490. The molecule has 0 amide bonds. The van der Waals surface area contributed by atoms with Gasteiger partial charge in [-0.3, -0.25) is 14.9 Å². The van der Waals surface area contributed by atoms with Crippen LogP contribution in [-0.4, -0.2) is 36.6 Å². The Balaban J connectivity index is 2.83. The SMILES string of the molecule is COC(=O)C(C)CN(C)c1cc(C)c([N+](=O)[O-])cn1. The summed E-state index contributed by atoms with van der Waals surface area (Å²) in [6, 6.07) is 1.63. The minimum Gasteiger partial charge on any atom is -0.469 e. The van der Waals surface area contributed by atoms with Gasteiger partial charge in [0.15, 0.2) is 0 Å². The molecule has 1 heterocycles. The standard InChI is InChI=1S/C12H17N3O4/c1-8-5-11(13-6-10(8)15(17)18)14(3)7-9(2)12(16)19-4/h5-6,9H,7H2,1-4H3. The van der Waals surface area contributed by atoms with Gasteiger partial charge in [-0.25, -0.2) is 4.98 Å². The third-order valence-corrected chi connectivity index (χ3v) is 2.81. The van der Waals surface area contributed by atoms with Gasteiger partial charge in [0, 0.05) is 19.2 Å². The fraction of sp³-hybridized carbons (Fsp3) is 0.500.